The van der Waals surface area contributed by atoms with Crippen molar-refractivity contribution in [2.75, 3.05) is 39.3 Å². The summed E-state index contributed by atoms with van der Waals surface area (Å²) in [5, 5.41) is 13.0. The topological polar surface area (TPSA) is 88.5 Å². The van der Waals surface area contributed by atoms with Gasteiger partial charge in [0.05, 0.1) is 25.3 Å². The van der Waals surface area contributed by atoms with Gasteiger partial charge in [0.15, 0.2) is 6.10 Å². The van der Waals surface area contributed by atoms with Gasteiger partial charge in [0.1, 0.15) is 5.75 Å². The molecule has 1 saturated heterocycles. The lowest BCUT2D eigenvalue weighted by atomic mass is 9.47. The number of rotatable bonds is 4. The molecule has 5 rings (SSSR count). The molecule has 6 atom stereocenters. The van der Waals surface area contributed by atoms with Gasteiger partial charge in [-0.1, -0.05) is 30.7 Å². The van der Waals surface area contributed by atoms with Crippen LogP contribution in [0.2, 0.25) is 5.02 Å². The number of hydrogen-bond donors (Lipinski definition) is 1. The van der Waals surface area contributed by atoms with Crippen molar-refractivity contribution in [2.45, 2.75) is 55.9 Å². The number of fused-ring (bicyclic) bond motifs is 1. The molecule has 2 fully saturated rings. The molecule has 9 heteroatoms. The minimum Gasteiger partial charge on any atom is -0.495 e. The Labute approximate surface area is 204 Å². The summed E-state index contributed by atoms with van der Waals surface area (Å²) in [5.74, 6) is -0.857. The van der Waals surface area contributed by atoms with Crippen LogP contribution >= 0.6 is 11.6 Å². The van der Waals surface area contributed by atoms with E-state index in [0.29, 0.717) is 23.6 Å². The van der Waals surface area contributed by atoms with E-state index in [1.165, 1.54) is 14.0 Å². The third kappa shape index (κ3) is 2.57. The van der Waals surface area contributed by atoms with E-state index in [2.05, 4.69) is 4.90 Å². The van der Waals surface area contributed by atoms with Crippen LogP contribution in [0.15, 0.2) is 24.3 Å². The first-order chi connectivity index (χ1) is 16.1. The predicted octanol–water partition coefficient (Wildman–Crippen LogP) is 2.29. The van der Waals surface area contributed by atoms with E-state index in [4.69, 9.17) is 25.8 Å². The molecule has 1 aromatic carbocycles. The number of halogens is 1. The molecule has 0 bridgehead atoms. The van der Waals surface area contributed by atoms with E-state index in [0.717, 1.165) is 24.3 Å². The number of carbonyl (C=O) groups excluding carboxylic acids is 2. The predicted molar refractivity (Wildman–Crippen MR) is 126 cm³/mol. The zero-order chi connectivity index (χ0) is 24.6. The summed E-state index contributed by atoms with van der Waals surface area (Å²) in [4.78, 5) is 30.2. The quantitative estimate of drug-likeness (QED) is 0.508. The monoisotopic (exact) mass is 490 g/mol. The molecule has 184 valence electrons. The Bertz CT molecular complexity index is 1090. The maximum Gasteiger partial charge on any atom is 0.344 e. The van der Waals surface area contributed by atoms with Crippen molar-refractivity contribution >= 4 is 29.2 Å². The second-order valence-corrected chi connectivity index (χ2v) is 10.3. The number of benzene rings is 1. The van der Waals surface area contributed by atoms with Gasteiger partial charge in [0.2, 0.25) is 5.60 Å². The Kier molecular flexibility index (Phi) is 5.24. The molecule has 1 saturated carbocycles. The number of esters is 2. The van der Waals surface area contributed by atoms with Crippen molar-refractivity contribution in [3.63, 3.8) is 0 Å². The summed E-state index contributed by atoms with van der Waals surface area (Å²) in [7, 11) is 4.66. The Morgan fingerprint density at radius 1 is 1.26 bits per heavy atom. The summed E-state index contributed by atoms with van der Waals surface area (Å²) >= 11 is 6.63. The molecule has 34 heavy (non-hydrogen) atoms. The molecule has 0 unspecified atom stereocenters. The number of likely N-dealkylation sites (N-methyl/N-ethyl adjacent to an activating group) is 1. The first-order valence-electron chi connectivity index (χ1n) is 11.6. The summed E-state index contributed by atoms with van der Waals surface area (Å²) < 4.78 is 16.6. The van der Waals surface area contributed by atoms with Crippen molar-refractivity contribution in [3.05, 3.63) is 34.9 Å². The SMILES string of the molecule is CC[C@]12C=CCN3CC[C@@]4(c5cc(Cl)c(OC)cc5N(C)[C@H]4[C@@](O)(C(=O)OC)[C@@H]1OC(C)=O)[C@@H]32. The van der Waals surface area contributed by atoms with Gasteiger partial charge in [-0.2, -0.15) is 0 Å². The molecule has 3 heterocycles. The van der Waals surface area contributed by atoms with Crippen LogP contribution in [0, 0.1) is 5.41 Å². The Morgan fingerprint density at radius 3 is 2.62 bits per heavy atom. The van der Waals surface area contributed by atoms with Gasteiger partial charge < -0.3 is 24.2 Å². The number of hydrogen-bond acceptors (Lipinski definition) is 8. The van der Waals surface area contributed by atoms with Gasteiger partial charge in [0.25, 0.3) is 0 Å². The van der Waals surface area contributed by atoms with E-state index < -0.39 is 40.5 Å². The van der Waals surface area contributed by atoms with Crippen LogP contribution in [-0.4, -0.2) is 80.1 Å². The van der Waals surface area contributed by atoms with Gasteiger partial charge >= 0.3 is 11.9 Å². The highest BCUT2D eigenvalue weighted by Gasteiger charge is 2.80. The largest absolute Gasteiger partial charge is 0.495 e. The van der Waals surface area contributed by atoms with Gasteiger partial charge in [-0.25, -0.2) is 4.79 Å². The average Bonchev–Trinajstić information content (AvgIpc) is 3.32. The Morgan fingerprint density at radius 2 is 2.00 bits per heavy atom. The lowest BCUT2D eigenvalue weighted by Gasteiger charge is -2.63. The molecule has 1 spiro atoms. The maximum atomic E-state index is 13.5. The molecular formula is C25H31ClN2O6. The summed E-state index contributed by atoms with van der Waals surface area (Å²) in [6.45, 7) is 4.83. The first kappa shape index (κ1) is 23.5. The van der Waals surface area contributed by atoms with E-state index in [1.54, 1.807) is 7.11 Å². The van der Waals surface area contributed by atoms with Gasteiger partial charge in [-0.05, 0) is 31.0 Å². The highest BCUT2D eigenvalue weighted by molar-refractivity contribution is 6.32. The normalized spacial score (nSPS) is 37.6. The van der Waals surface area contributed by atoms with Gasteiger partial charge in [-0.3, -0.25) is 9.69 Å². The van der Waals surface area contributed by atoms with Crippen LogP contribution in [-0.2, 0) is 24.5 Å². The summed E-state index contributed by atoms with van der Waals surface area (Å²) in [6, 6.07) is 2.91. The average molecular weight is 491 g/mol. The van der Waals surface area contributed by atoms with Crippen molar-refractivity contribution in [1.82, 2.24) is 4.90 Å². The molecular weight excluding hydrogens is 460 g/mol. The minimum absolute atomic E-state index is 0.123. The summed E-state index contributed by atoms with van der Waals surface area (Å²) in [6.07, 6.45) is 4.22. The zero-order valence-electron chi connectivity index (χ0n) is 20.1. The van der Waals surface area contributed by atoms with E-state index >= 15 is 0 Å². The molecule has 1 aromatic rings. The first-order valence-corrected chi connectivity index (χ1v) is 12.0. The van der Waals surface area contributed by atoms with Crippen LogP contribution in [0.5, 0.6) is 5.75 Å². The molecule has 0 radical (unpaired) electrons. The smallest absolute Gasteiger partial charge is 0.344 e. The van der Waals surface area contributed by atoms with Gasteiger partial charge in [-0.15, -0.1) is 0 Å². The van der Waals surface area contributed by atoms with E-state index in [-0.39, 0.29) is 6.04 Å². The van der Waals surface area contributed by atoms with Crippen molar-refractivity contribution < 1.29 is 28.9 Å². The third-order valence-corrected chi connectivity index (χ3v) is 8.98. The maximum absolute atomic E-state index is 13.5. The second kappa shape index (κ2) is 7.60. The number of ether oxygens (including phenoxy) is 3. The number of carbonyl (C=O) groups is 2. The number of methoxy groups -OCH3 is 2. The van der Waals surface area contributed by atoms with Crippen LogP contribution in [0.4, 0.5) is 5.69 Å². The fourth-order valence-corrected chi connectivity index (χ4v) is 7.96. The van der Waals surface area contributed by atoms with Crippen LogP contribution in [0.25, 0.3) is 0 Å². The van der Waals surface area contributed by atoms with Gasteiger partial charge in [0, 0.05) is 49.1 Å². The van der Waals surface area contributed by atoms with E-state index in [9.17, 15) is 14.7 Å². The molecule has 4 aliphatic rings. The number of anilines is 1. The van der Waals surface area contributed by atoms with Crippen molar-refractivity contribution in [2.24, 2.45) is 5.41 Å². The fraction of sp³-hybridized carbons (Fsp3) is 0.600. The molecule has 8 nitrogen and oxygen atoms in total. The highest BCUT2D eigenvalue weighted by Crippen LogP contribution is 2.67. The molecule has 0 amide bonds. The van der Waals surface area contributed by atoms with Crippen LogP contribution in [0.1, 0.15) is 32.3 Å². The standard InChI is InChI=1S/C25H31ClN2O6/c1-6-23-8-7-10-28-11-9-24(19(23)28)15-12-16(26)18(32-4)13-17(15)27(3)20(24)25(31,22(30)33-5)21(23)34-14(2)29/h7-8,12-13,19-21,31H,6,9-11H2,1-5H3/t19-,20+,21+,23+,24+,25-/m0/s1. The molecule has 3 aliphatic heterocycles. The highest BCUT2D eigenvalue weighted by atomic mass is 35.5. The molecule has 1 aliphatic carbocycles. The lowest BCUT2D eigenvalue weighted by Crippen LogP contribution is -2.81. The lowest BCUT2D eigenvalue weighted by molar-refractivity contribution is -0.228. The Balaban J connectivity index is 1.88. The minimum atomic E-state index is -2.13. The number of aliphatic hydroxyl groups is 1. The Hall–Kier alpha value is -2.29. The van der Waals surface area contributed by atoms with Crippen LogP contribution < -0.4 is 9.64 Å². The second-order valence-electron chi connectivity index (χ2n) is 9.88. The van der Waals surface area contributed by atoms with Crippen molar-refractivity contribution in [1.29, 1.82) is 0 Å². The van der Waals surface area contributed by atoms with Crippen LogP contribution in [0.3, 0.4) is 0 Å². The molecule has 0 aromatic heterocycles. The molecule has 1 N–H and O–H groups in total. The van der Waals surface area contributed by atoms with Crippen molar-refractivity contribution in [3.8, 4) is 5.75 Å². The summed E-state index contributed by atoms with van der Waals surface area (Å²) in [5.41, 5.74) is -1.79. The third-order valence-electron chi connectivity index (χ3n) is 8.68. The fourth-order valence-electron chi connectivity index (χ4n) is 7.71. The van der Waals surface area contributed by atoms with E-state index in [1.807, 2.05) is 43.2 Å². The zero-order valence-corrected chi connectivity index (χ0v) is 20.9. The number of nitrogens with zero attached hydrogens (tertiary/aromatic N) is 2.